The molecule has 0 aliphatic heterocycles. The zero-order chi connectivity index (χ0) is 24.0. The summed E-state index contributed by atoms with van der Waals surface area (Å²) in [6.45, 7) is 2.23. The van der Waals surface area contributed by atoms with Crippen LogP contribution in [-0.4, -0.2) is 33.7 Å². The third-order valence-electron chi connectivity index (χ3n) is 5.56. The second-order valence-corrected chi connectivity index (χ2v) is 13.0. The summed E-state index contributed by atoms with van der Waals surface area (Å²) in [5.74, 6) is -1.68. The zero-order valence-corrected chi connectivity index (χ0v) is 21.4. The van der Waals surface area contributed by atoms with Crippen LogP contribution in [0.5, 0.6) is 0 Å². The van der Waals surface area contributed by atoms with Crippen molar-refractivity contribution in [2.24, 2.45) is 0 Å². The molecule has 0 unspecified atom stereocenters. The van der Waals surface area contributed by atoms with Crippen molar-refractivity contribution in [1.82, 2.24) is 0 Å². The van der Waals surface area contributed by atoms with Crippen LogP contribution in [0, 0.1) is 0 Å². The summed E-state index contributed by atoms with van der Waals surface area (Å²) in [5.41, 5.74) is -0.572. The van der Waals surface area contributed by atoms with Gasteiger partial charge >= 0.3 is 5.97 Å². The molecule has 184 valence electrons. The molecule has 0 aliphatic rings. The van der Waals surface area contributed by atoms with E-state index in [-0.39, 0.29) is 10.6 Å². The lowest BCUT2D eigenvalue weighted by molar-refractivity contribution is 0.0692. The first-order chi connectivity index (χ1) is 15.1. The van der Waals surface area contributed by atoms with Gasteiger partial charge in [-0.1, -0.05) is 90.4 Å². The van der Waals surface area contributed by atoms with Crippen LogP contribution in [0.1, 0.15) is 107 Å². The molecule has 9 heteroatoms. The molecule has 0 aliphatic carbocycles. The van der Waals surface area contributed by atoms with E-state index in [9.17, 15) is 26.7 Å². The summed E-state index contributed by atoms with van der Waals surface area (Å²) in [7, 11) is -2.75. The first-order valence-electron chi connectivity index (χ1n) is 11.6. The number of unbranched alkanes of at least 4 members (excludes halogenated alkanes) is 13. The highest BCUT2D eigenvalue weighted by molar-refractivity contribution is 8.13. The molecule has 1 rings (SSSR count). The lowest BCUT2D eigenvalue weighted by Gasteiger charge is -2.09. The van der Waals surface area contributed by atoms with Crippen LogP contribution in [0.25, 0.3) is 0 Å². The van der Waals surface area contributed by atoms with Crippen LogP contribution >= 0.6 is 10.7 Å². The molecule has 0 spiro atoms. The second kappa shape index (κ2) is 14.9. The van der Waals surface area contributed by atoms with E-state index in [0.29, 0.717) is 6.42 Å². The molecule has 0 heterocycles. The van der Waals surface area contributed by atoms with Crippen LogP contribution in [0.2, 0.25) is 0 Å². The molecule has 0 fully saturated rings. The van der Waals surface area contributed by atoms with Gasteiger partial charge in [0.25, 0.3) is 9.05 Å². The number of halogens is 1. The average Bonchev–Trinajstić information content (AvgIpc) is 2.72. The number of carboxylic acids is 1. The van der Waals surface area contributed by atoms with E-state index in [1.54, 1.807) is 0 Å². The van der Waals surface area contributed by atoms with E-state index in [4.69, 9.17) is 10.7 Å². The minimum Gasteiger partial charge on any atom is -0.478 e. The van der Waals surface area contributed by atoms with Crippen molar-refractivity contribution in [1.29, 1.82) is 0 Å². The second-order valence-electron chi connectivity index (χ2n) is 8.32. The Balaban J connectivity index is 2.32. The fourth-order valence-electron chi connectivity index (χ4n) is 3.70. The Morgan fingerprint density at radius 2 is 1.22 bits per heavy atom. The van der Waals surface area contributed by atoms with E-state index in [0.717, 1.165) is 43.9 Å². The maximum Gasteiger partial charge on any atom is 0.337 e. The fourth-order valence-corrected chi connectivity index (χ4v) is 6.03. The van der Waals surface area contributed by atoms with Gasteiger partial charge in [-0.2, -0.15) is 0 Å². The molecule has 1 aromatic carbocycles. The summed E-state index contributed by atoms with van der Waals surface area (Å²) >= 11 is 0. The smallest absolute Gasteiger partial charge is 0.337 e. The Morgan fingerprint density at radius 3 is 1.62 bits per heavy atom. The third-order valence-corrected chi connectivity index (χ3v) is 8.77. The largest absolute Gasteiger partial charge is 0.478 e. The minimum absolute atomic E-state index is 0.168. The summed E-state index contributed by atoms with van der Waals surface area (Å²) in [6, 6.07) is 2.83. The van der Waals surface area contributed by atoms with Gasteiger partial charge in [0.05, 0.1) is 21.1 Å². The van der Waals surface area contributed by atoms with E-state index in [1.165, 1.54) is 57.8 Å². The van der Waals surface area contributed by atoms with Crippen molar-refractivity contribution in [2.45, 2.75) is 107 Å². The maximum atomic E-state index is 12.6. The normalized spacial score (nSPS) is 12.2. The minimum atomic E-state index is -4.15. The molecule has 0 saturated carbocycles. The molecule has 0 atom stereocenters. The van der Waals surface area contributed by atoms with Gasteiger partial charge in [0.2, 0.25) is 0 Å². The van der Waals surface area contributed by atoms with Crippen molar-refractivity contribution in [3.8, 4) is 0 Å². The Labute approximate surface area is 198 Å². The first-order valence-corrected chi connectivity index (χ1v) is 15.6. The van der Waals surface area contributed by atoms with Gasteiger partial charge in [-0.25, -0.2) is 21.6 Å². The van der Waals surface area contributed by atoms with Gasteiger partial charge in [-0.15, -0.1) is 0 Å². The summed E-state index contributed by atoms with van der Waals surface area (Å²) in [5, 5.41) is 9.31. The van der Waals surface area contributed by atoms with Crippen molar-refractivity contribution in [2.75, 3.05) is 5.75 Å². The monoisotopic (exact) mass is 508 g/mol. The molecule has 0 bridgehead atoms. The third kappa shape index (κ3) is 11.1. The molecular weight excluding hydrogens is 472 g/mol. The predicted octanol–water partition coefficient (Wildman–Crippen LogP) is 6.57. The number of carbonyl (C=O) groups is 1. The number of benzene rings is 1. The van der Waals surface area contributed by atoms with E-state index >= 15 is 0 Å². The number of sulfone groups is 1. The Hall–Kier alpha value is -1.12. The molecule has 1 N–H and O–H groups in total. The highest BCUT2D eigenvalue weighted by Gasteiger charge is 2.24. The van der Waals surface area contributed by atoms with Gasteiger partial charge in [-0.3, -0.25) is 0 Å². The van der Waals surface area contributed by atoms with Crippen LogP contribution in [0.4, 0.5) is 0 Å². The summed E-state index contributed by atoms with van der Waals surface area (Å²) in [6.07, 6.45) is 16.1. The summed E-state index contributed by atoms with van der Waals surface area (Å²) < 4.78 is 48.0. The number of hydrogen-bond acceptors (Lipinski definition) is 5. The van der Waals surface area contributed by atoms with Crippen molar-refractivity contribution < 1.29 is 26.7 Å². The molecular formula is C23H37ClO6S2. The average molecular weight is 509 g/mol. The SMILES string of the molecule is CCCCCCCCCCCCCCCCS(=O)(=O)c1ccc(S(=O)(=O)Cl)cc1C(=O)O. The highest BCUT2D eigenvalue weighted by atomic mass is 35.7. The van der Waals surface area contributed by atoms with Crippen molar-refractivity contribution in [3.05, 3.63) is 23.8 Å². The van der Waals surface area contributed by atoms with Gasteiger partial charge in [0.1, 0.15) is 0 Å². The molecule has 0 saturated heterocycles. The van der Waals surface area contributed by atoms with Gasteiger partial charge in [0.15, 0.2) is 9.84 Å². The Morgan fingerprint density at radius 1 is 0.781 bits per heavy atom. The van der Waals surface area contributed by atoms with Gasteiger partial charge < -0.3 is 5.11 Å². The van der Waals surface area contributed by atoms with E-state index in [2.05, 4.69) is 6.92 Å². The lowest BCUT2D eigenvalue weighted by atomic mass is 10.0. The van der Waals surface area contributed by atoms with Crippen LogP contribution in [-0.2, 0) is 18.9 Å². The molecule has 1 aromatic rings. The lowest BCUT2D eigenvalue weighted by Crippen LogP contribution is -2.13. The molecule has 32 heavy (non-hydrogen) atoms. The van der Waals surface area contributed by atoms with E-state index in [1.807, 2.05) is 0 Å². The zero-order valence-electron chi connectivity index (χ0n) is 19.0. The van der Waals surface area contributed by atoms with Crippen LogP contribution in [0.15, 0.2) is 28.0 Å². The number of aromatic carboxylic acids is 1. The topological polar surface area (TPSA) is 106 Å². The predicted molar refractivity (Wildman–Crippen MR) is 129 cm³/mol. The Bertz CT molecular complexity index is 910. The quantitative estimate of drug-likeness (QED) is 0.177. The highest BCUT2D eigenvalue weighted by Crippen LogP contribution is 2.24. The first kappa shape index (κ1) is 28.9. The van der Waals surface area contributed by atoms with Gasteiger partial charge in [0, 0.05) is 10.7 Å². The fraction of sp³-hybridized carbons (Fsp3) is 0.696. The van der Waals surface area contributed by atoms with Crippen molar-refractivity contribution >= 4 is 35.5 Å². The van der Waals surface area contributed by atoms with Crippen LogP contribution < -0.4 is 0 Å². The number of carboxylic acid groups (broad SMARTS) is 1. The molecule has 0 aromatic heterocycles. The van der Waals surface area contributed by atoms with Crippen LogP contribution in [0.3, 0.4) is 0 Å². The summed E-state index contributed by atoms with van der Waals surface area (Å²) in [4.78, 5) is 10.6. The standard InChI is InChI=1S/C23H37ClO6S2/c1-2-3-4-5-6-7-8-9-10-11-12-13-14-15-18-31(27,28)22-17-16-20(32(24,29)30)19-21(22)23(25)26/h16-17,19H,2-15,18H2,1H3,(H,25,26). The van der Waals surface area contributed by atoms with Gasteiger partial charge in [-0.05, 0) is 24.6 Å². The Kier molecular flexibility index (Phi) is 13.5. The maximum absolute atomic E-state index is 12.6. The van der Waals surface area contributed by atoms with E-state index < -0.39 is 35.3 Å². The molecule has 0 amide bonds. The molecule has 6 nitrogen and oxygen atoms in total. The molecule has 0 radical (unpaired) electrons. The number of hydrogen-bond donors (Lipinski definition) is 1. The van der Waals surface area contributed by atoms with Crippen molar-refractivity contribution in [3.63, 3.8) is 0 Å². The number of rotatable bonds is 18.